The molecule has 0 fully saturated rings. The van der Waals surface area contributed by atoms with E-state index in [-0.39, 0.29) is 12.5 Å². The Bertz CT molecular complexity index is 720. The summed E-state index contributed by atoms with van der Waals surface area (Å²) in [6, 6.07) is 12.3. The van der Waals surface area contributed by atoms with Crippen molar-refractivity contribution >= 4 is 23.7 Å². The van der Waals surface area contributed by atoms with Crippen molar-refractivity contribution in [3.63, 3.8) is 0 Å². The normalized spacial score (nSPS) is 10.5. The molecule has 0 radical (unpaired) electrons. The summed E-state index contributed by atoms with van der Waals surface area (Å²) < 4.78 is 15.7. The number of rotatable bonds is 7. The lowest BCUT2D eigenvalue weighted by Crippen LogP contribution is -2.24. The van der Waals surface area contributed by atoms with Crippen LogP contribution in [-0.4, -0.2) is 32.9 Å². The molecular weight excluding hydrogens is 332 g/mol. The van der Waals surface area contributed by atoms with E-state index in [4.69, 9.17) is 25.8 Å². The number of para-hydroxylation sites is 1. The highest BCUT2D eigenvalue weighted by Gasteiger charge is 2.08. The second kappa shape index (κ2) is 8.79. The molecule has 0 atom stereocenters. The number of hydrazone groups is 1. The number of hydrogen-bond acceptors (Lipinski definition) is 5. The molecule has 0 heterocycles. The lowest BCUT2D eigenvalue weighted by molar-refractivity contribution is -0.123. The Morgan fingerprint density at radius 1 is 1.17 bits per heavy atom. The minimum atomic E-state index is -0.383. The highest BCUT2D eigenvalue weighted by molar-refractivity contribution is 6.33. The van der Waals surface area contributed by atoms with E-state index in [0.717, 1.165) is 0 Å². The summed E-state index contributed by atoms with van der Waals surface area (Å²) >= 11 is 6.13. The van der Waals surface area contributed by atoms with Crippen molar-refractivity contribution in [2.45, 2.75) is 0 Å². The Labute approximate surface area is 145 Å². The van der Waals surface area contributed by atoms with Crippen LogP contribution in [-0.2, 0) is 4.79 Å². The first-order valence-corrected chi connectivity index (χ1v) is 7.43. The third-order valence-corrected chi connectivity index (χ3v) is 3.34. The molecule has 24 heavy (non-hydrogen) atoms. The van der Waals surface area contributed by atoms with Crippen molar-refractivity contribution in [1.82, 2.24) is 5.43 Å². The van der Waals surface area contributed by atoms with Gasteiger partial charge in [-0.3, -0.25) is 4.79 Å². The number of nitrogens with zero attached hydrogens (tertiary/aromatic N) is 1. The van der Waals surface area contributed by atoms with Gasteiger partial charge in [-0.25, -0.2) is 5.43 Å². The fraction of sp³-hybridized carbons (Fsp3) is 0.176. The van der Waals surface area contributed by atoms with Crippen LogP contribution in [0, 0.1) is 0 Å². The highest BCUT2D eigenvalue weighted by Crippen LogP contribution is 2.32. The number of nitrogens with one attached hydrogen (secondary N) is 1. The van der Waals surface area contributed by atoms with E-state index in [1.165, 1.54) is 20.4 Å². The van der Waals surface area contributed by atoms with Crippen molar-refractivity contribution in [3.05, 3.63) is 53.1 Å². The van der Waals surface area contributed by atoms with Crippen molar-refractivity contribution in [2.75, 3.05) is 20.8 Å². The average Bonchev–Trinajstić information content (AvgIpc) is 2.61. The lowest BCUT2D eigenvalue weighted by Gasteiger charge is -2.09. The van der Waals surface area contributed by atoms with Crippen LogP contribution in [0.3, 0.4) is 0 Å². The first kappa shape index (κ1) is 17.6. The van der Waals surface area contributed by atoms with E-state index < -0.39 is 0 Å². The van der Waals surface area contributed by atoms with E-state index >= 15 is 0 Å². The maximum atomic E-state index is 11.7. The number of methoxy groups -OCH3 is 2. The van der Waals surface area contributed by atoms with Crippen LogP contribution in [0.1, 0.15) is 5.56 Å². The van der Waals surface area contributed by atoms with E-state index in [9.17, 15) is 4.79 Å². The summed E-state index contributed by atoms with van der Waals surface area (Å²) in [6.07, 6.45) is 1.42. The zero-order valence-electron chi connectivity index (χ0n) is 13.3. The lowest BCUT2D eigenvalue weighted by atomic mass is 10.2. The Hall–Kier alpha value is -2.73. The molecule has 0 saturated carbocycles. The number of halogens is 1. The molecule has 1 amide bonds. The largest absolute Gasteiger partial charge is 0.493 e. The Morgan fingerprint density at radius 3 is 2.50 bits per heavy atom. The first-order chi connectivity index (χ1) is 11.6. The van der Waals surface area contributed by atoms with E-state index in [1.807, 2.05) is 18.2 Å². The molecule has 0 aliphatic carbocycles. The fourth-order valence-electron chi connectivity index (χ4n) is 1.84. The summed E-state index contributed by atoms with van der Waals surface area (Å²) in [7, 11) is 3.05. The summed E-state index contributed by atoms with van der Waals surface area (Å²) in [5.74, 6) is 1.26. The molecule has 0 spiro atoms. The van der Waals surface area contributed by atoms with Gasteiger partial charge in [-0.05, 0) is 18.2 Å². The second-order valence-electron chi connectivity index (χ2n) is 4.62. The molecule has 0 aliphatic rings. The summed E-state index contributed by atoms with van der Waals surface area (Å²) in [4.78, 5) is 11.7. The van der Waals surface area contributed by atoms with Gasteiger partial charge in [0.1, 0.15) is 5.75 Å². The number of amides is 1. The predicted molar refractivity (Wildman–Crippen MR) is 92.2 cm³/mol. The van der Waals surface area contributed by atoms with Crippen molar-refractivity contribution in [3.8, 4) is 17.2 Å². The van der Waals surface area contributed by atoms with Gasteiger partial charge in [0.25, 0.3) is 5.91 Å². The van der Waals surface area contributed by atoms with Gasteiger partial charge in [0, 0.05) is 11.6 Å². The standard InChI is InChI=1S/C17H17ClN2O4/c1-22-15-8-12(14(18)9-16(15)23-2)10-19-20-17(21)11-24-13-6-4-3-5-7-13/h3-10H,11H2,1-2H3,(H,20,21)/b19-10-. The van der Waals surface area contributed by atoms with Gasteiger partial charge in [-0.2, -0.15) is 5.10 Å². The number of benzene rings is 2. The van der Waals surface area contributed by atoms with Crippen molar-refractivity contribution in [1.29, 1.82) is 0 Å². The van der Waals surface area contributed by atoms with Crippen LogP contribution in [0.4, 0.5) is 0 Å². The van der Waals surface area contributed by atoms with Gasteiger partial charge in [0.15, 0.2) is 18.1 Å². The van der Waals surface area contributed by atoms with E-state index in [0.29, 0.717) is 27.8 Å². The minimum absolute atomic E-state index is 0.138. The summed E-state index contributed by atoms with van der Waals surface area (Å²) in [6.45, 7) is -0.138. The van der Waals surface area contributed by atoms with Gasteiger partial charge >= 0.3 is 0 Å². The molecule has 0 aromatic heterocycles. The fourth-order valence-corrected chi connectivity index (χ4v) is 2.04. The zero-order chi connectivity index (χ0) is 17.4. The number of hydrogen-bond donors (Lipinski definition) is 1. The van der Waals surface area contributed by atoms with Crippen molar-refractivity contribution in [2.24, 2.45) is 5.10 Å². The molecule has 0 aliphatic heterocycles. The van der Waals surface area contributed by atoms with Crippen LogP contribution < -0.4 is 19.6 Å². The minimum Gasteiger partial charge on any atom is -0.493 e. The molecule has 2 rings (SSSR count). The quantitative estimate of drug-likeness (QED) is 0.617. The molecule has 2 aromatic carbocycles. The molecule has 0 unspecified atom stereocenters. The van der Waals surface area contributed by atoms with Crippen molar-refractivity contribution < 1.29 is 19.0 Å². The molecule has 2 aromatic rings. The molecule has 6 nitrogen and oxygen atoms in total. The Morgan fingerprint density at radius 2 is 1.83 bits per heavy atom. The Balaban J connectivity index is 1.92. The first-order valence-electron chi connectivity index (χ1n) is 7.05. The van der Waals surface area contributed by atoms with Crippen LogP contribution in [0.15, 0.2) is 47.6 Å². The molecule has 0 bridgehead atoms. The third kappa shape index (κ3) is 4.89. The highest BCUT2D eigenvalue weighted by atomic mass is 35.5. The average molecular weight is 349 g/mol. The number of ether oxygens (including phenoxy) is 3. The van der Waals surface area contributed by atoms with Crippen LogP contribution in [0.25, 0.3) is 0 Å². The molecule has 126 valence electrons. The van der Waals surface area contributed by atoms with Gasteiger partial charge < -0.3 is 14.2 Å². The third-order valence-electron chi connectivity index (χ3n) is 3.01. The van der Waals surface area contributed by atoms with Crippen LogP contribution in [0.2, 0.25) is 5.02 Å². The Kier molecular flexibility index (Phi) is 6.45. The topological polar surface area (TPSA) is 69.2 Å². The van der Waals surface area contributed by atoms with Gasteiger partial charge in [-0.15, -0.1) is 0 Å². The zero-order valence-corrected chi connectivity index (χ0v) is 14.0. The van der Waals surface area contributed by atoms with Gasteiger partial charge in [0.05, 0.1) is 25.5 Å². The van der Waals surface area contributed by atoms with E-state index in [1.54, 1.807) is 24.3 Å². The maximum absolute atomic E-state index is 11.7. The smallest absolute Gasteiger partial charge is 0.277 e. The SMILES string of the molecule is COc1cc(Cl)c(/C=N\NC(=O)COc2ccccc2)cc1OC. The summed E-state index contributed by atoms with van der Waals surface area (Å²) in [5.41, 5.74) is 2.95. The van der Waals surface area contributed by atoms with Gasteiger partial charge in [-0.1, -0.05) is 29.8 Å². The van der Waals surface area contributed by atoms with E-state index in [2.05, 4.69) is 10.5 Å². The summed E-state index contributed by atoms with van der Waals surface area (Å²) in [5, 5.41) is 4.28. The molecule has 0 saturated heterocycles. The predicted octanol–water partition coefficient (Wildman–Crippen LogP) is 2.89. The molecule has 1 N–H and O–H groups in total. The number of carbonyl (C=O) groups is 1. The molecule has 7 heteroatoms. The monoisotopic (exact) mass is 348 g/mol. The van der Waals surface area contributed by atoms with Gasteiger partial charge in [0.2, 0.25) is 0 Å². The number of carbonyl (C=O) groups excluding carboxylic acids is 1. The van der Waals surface area contributed by atoms with Crippen LogP contribution >= 0.6 is 11.6 Å². The molecular formula is C17H17ClN2O4. The van der Waals surface area contributed by atoms with Crippen LogP contribution in [0.5, 0.6) is 17.2 Å². The maximum Gasteiger partial charge on any atom is 0.277 e. The second-order valence-corrected chi connectivity index (χ2v) is 5.03.